The van der Waals surface area contributed by atoms with Gasteiger partial charge in [0.15, 0.2) is 0 Å². The summed E-state index contributed by atoms with van der Waals surface area (Å²) in [5.41, 5.74) is 16.4. The van der Waals surface area contributed by atoms with E-state index in [0.29, 0.717) is 0 Å². The van der Waals surface area contributed by atoms with Crippen LogP contribution in [0.25, 0.3) is 39.6 Å². The lowest BCUT2D eigenvalue weighted by Gasteiger charge is -2.35. The molecule has 0 saturated carbocycles. The fourth-order valence-electron chi connectivity index (χ4n) is 9.54. The number of hydrogen-bond donors (Lipinski definition) is 0. The van der Waals surface area contributed by atoms with Gasteiger partial charge in [-0.3, -0.25) is 0 Å². The minimum Gasteiger partial charge on any atom is -0.0958 e. The highest BCUT2D eigenvalue weighted by Crippen LogP contribution is 2.44. The Balaban J connectivity index is 1.19. The minimum atomic E-state index is 0.246. The molecule has 0 N–H and O–H groups in total. The maximum atomic E-state index is 4.47. The molecule has 59 heavy (non-hydrogen) atoms. The summed E-state index contributed by atoms with van der Waals surface area (Å²) >= 11 is 0. The number of unbranched alkanes of at least 4 members (excludes halogenated alkanes) is 2. The van der Waals surface area contributed by atoms with E-state index in [9.17, 15) is 0 Å². The summed E-state index contributed by atoms with van der Waals surface area (Å²) in [5, 5.41) is 5.33. The smallest absolute Gasteiger partial charge is 0.0137 e. The van der Waals surface area contributed by atoms with Gasteiger partial charge in [0.2, 0.25) is 0 Å². The summed E-state index contributed by atoms with van der Waals surface area (Å²) in [6.45, 7) is 11.3. The third kappa shape index (κ3) is 8.99. The van der Waals surface area contributed by atoms with E-state index in [0.717, 1.165) is 38.5 Å². The first-order valence-electron chi connectivity index (χ1n) is 22.3. The van der Waals surface area contributed by atoms with Gasteiger partial charge in [-0.15, -0.1) is 0 Å². The van der Waals surface area contributed by atoms with Gasteiger partial charge in [-0.25, -0.2) is 0 Å². The first-order chi connectivity index (χ1) is 29.0. The number of benzene rings is 4. The topological polar surface area (TPSA) is 0 Å². The first-order valence-corrected chi connectivity index (χ1v) is 22.3. The molecule has 0 fully saturated rings. The van der Waals surface area contributed by atoms with E-state index in [1.807, 2.05) is 0 Å². The van der Waals surface area contributed by atoms with E-state index in [4.69, 9.17) is 0 Å². The van der Waals surface area contributed by atoms with E-state index in [1.165, 1.54) is 114 Å². The summed E-state index contributed by atoms with van der Waals surface area (Å²) in [6.07, 6.45) is 41.8. The van der Waals surface area contributed by atoms with Crippen molar-refractivity contribution in [2.75, 3.05) is 0 Å². The molecule has 4 aromatic carbocycles. The predicted octanol–water partition coefficient (Wildman–Crippen LogP) is 14.9. The third-order valence-corrected chi connectivity index (χ3v) is 12.7. The third-order valence-electron chi connectivity index (χ3n) is 12.7. The highest BCUT2D eigenvalue weighted by Gasteiger charge is 2.33. The van der Waals surface area contributed by atoms with Gasteiger partial charge >= 0.3 is 0 Å². The number of hydrogen-bond acceptors (Lipinski definition) is 0. The average Bonchev–Trinajstić information content (AvgIpc) is 3.29. The zero-order chi connectivity index (χ0) is 40.6. The molecule has 4 aliphatic carbocycles. The molecule has 0 heteroatoms. The zero-order valence-corrected chi connectivity index (χ0v) is 35.5. The summed E-state index contributed by atoms with van der Waals surface area (Å²) in [4.78, 5) is 0. The SMILES string of the molecule is C=C(C=C(C=C(C)CCCC)C1=CC=C(C2=c3ccccc3=C(c3ccc(C=Cc4ccc(C5=CC=CCC5)cc4)c4ccccc34)C3C=CC=CC23)CC1)CCCC. The molecule has 0 heterocycles. The van der Waals surface area contributed by atoms with Gasteiger partial charge in [-0.1, -0.05) is 208 Å². The van der Waals surface area contributed by atoms with Crippen LogP contribution in [0.2, 0.25) is 0 Å². The Morgan fingerprint density at radius 3 is 2.07 bits per heavy atom. The lowest BCUT2D eigenvalue weighted by atomic mass is 9.68. The second-order valence-corrected chi connectivity index (χ2v) is 16.9. The summed E-state index contributed by atoms with van der Waals surface area (Å²) in [6, 6.07) is 32.0. The predicted molar refractivity (Wildman–Crippen MR) is 258 cm³/mol. The Bertz CT molecular complexity index is 2630. The Hall–Kier alpha value is -5.72. The van der Waals surface area contributed by atoms with Gasteiger partial charge in [0.1, 0.15) is 0 Å². The van der Waals surface area contributed by atoms with Gasteiger partial charge in [0, 0.05) is 11.8 Å². The summed E-state index contributed by atoms with van der Waals surface area (Å²) < 4.78 is 0. The van der Waals surface area contributed by atoms with Gasteiger partial charge in [-0.05, 0) is 135 Å². The fraction of sp³-hybridized carbons (Fsp3) is 0.254. The van der Waals surface area contributed by atoms with Gasteiger partial charge < -0.3 is 0 Å². The molecule has 8 rings (SSSR count). The second kappa shape index (κ2) is 18.9. The van der Waals surface area contributed by atoms with Crippen LogP contribution in [0.5, 0.6) is 0 Å². The van der Waals surface area contributed by atoms with Crippen LogP contribution in [0.3, 0.4) is 0 Å². The lowest BCUT2D eigenvalue weighted by Crippen LogP contribution is -2.40. The standard InChI is InChI=1S/C59H60/c1-5-7-18-42(3)40-50(41-43(4)19-8-6-2)47-34-36-49(37-35-47)58-53-24-14-16-26-55(53)59(56-27-17-15-25-54(56)58)57-39-38-48(51-22-12-13-23-52(51)57)33-30-44-28-31-46(32-29-44)45-20-10-9-11-21-45/h9-10,12-17,20,22-34,36,38-41,53,55H,3,5-8,11,18-19,21,35,37H2,1-2,4H3. The van der Waals surface area contributed by atoms with Crippen LogP contribution in [-0.2, 0) is 0 Å². The molecule has 0 bridgehead atoms. The molecule has 0 nitrogen and oxygen atoms in total. The Morgan fingerprint density at radius 1 is 0.644 bits per heavy atom. The van der Waals surface area contributed by atoms with Crippen molar-refractivity contribution in [3.8, 4) is 0 Å². The Morgan fingerprint density at radius 2 is 1.36 bits per heavy atom. The van der Waals surface area contributed by atoms with E-state index >= 15 is 0 Å². The molecule has 0 aromatic heterocycles. The fourth-order valence-corrected chi connectivity index (χ4v) is 9.54. The molecule has 2 atom stereocenters. The van der Waals surface area contributed by atoms with Crippen molar-refractivity contribution < 1.29 is 0 Å². The Kier molecular flexibility index (Phi) is 12.8. The highest BCUT2D eigenvalue weighted by atomic mass is 14.4. The van der Waals surface area contributed by atoms with Crippen LogP contribution in [-0.4, -0.2) is 0 Å². The van der Waals surface area contributed by atoms with E-state index in [1.54, 1.807) is 0 Å². The normalized spacial score (nSPS) is 19.1. The van der Waals surface area contributed by atoms with E-state index < -0.39 is 0 Å². The van der Waals surface area contributed by atoms with Crippen molar-refractivity contribution in [3.63, 3.8) is 0 Å². The summed E-state index contributed by atoms with van der Waals surface area (Å²) in [7, 11) is 0. The molecule has 4 aromatic rings. The molecule has 4 aliphatic rings. The van der Waals surface area contributed by atoms with Crippen molar-refractivity contribution in [3.05, 3.63) is 219 Å². The van der Waals surface area contributed by atoms with Crippen molar-refractivity contribution in [1.82, 2.24) is 0 Å². The van der Waals surface area contributed by atoms with Crippen LogP contribution < -0.4 is 10.4 Å². The molecular formula is C59H60. The van der Waals surface area contributed by atoms with Crippen LogP contribution in [0.15, 0.2) is 186 Å². The molecule has 0 amide bonds. The molecule has 296 valence electrons. The second-order valence-electron chi connectivity index (χ2n) is 16.9. The highest BCUT2D eigenvalue weighted by molar-refractivity contribution is 6.01. The Labute approximate surface area is 353 Å². The molecule has 0 saturated heterocycles. The van der Waals surface area contributed by atoms with Crippen LogP contribution >= 0.6 is 0 Å². The maximum absolute atomic E-state index is 4.47. The van der Waals surface area contributed by atoms with Crippen molar-refractivity contribution in [2.45, 2.75) is 85.0 Å². The molecule has 0 spiro atoms. The van der Waals surface area contributed by atoms with E-state index in [-0.39, 0.29) is 11.8 Å². The summed E-state index contributed by atoms with van der Waals surface area (Å²) in [5.74, 6) is 0.517. The molecule has 0 aliphatic heterocycles. The van der Waals surface area contributed by atoms with Crippen molar-refractivity contribution >= 4 is 39.6 Å². The van der Waals surface area contributed by atoms with Crippen LogP contribution in [0.1, 0.15) is 107 Å². The van der Waals surface area contributed by atoms with Gasteiger partial charge in [0.05, 0.1) is 0 Å². The quantitative estimate of drug-likeness (QED) is 0.0885. The van der Waals surface area contributed by atoms with Crippen molar-refractivity contribution in [1.29, 1.82) is 0 Å². The largest absolute Gasteiger partial charge is 0.0958 e. The monoisotopic (exact) mass is 768 g/mol. The van der Waals surface area contributed by atoms with Crippen LogP contribution in [0, 0.1) is 11.8 Å². The minimum absolute atomic E-state index is 0.246. The van der Waals surface area contributed by atoms with E-state index in [2.05, 4.69) is 191 Å². The maximum Gasteiger partial charge on any atom is 0.0137 e. The number of rotatable bonds is 14. The molecular weight excluding hydrogens is 709 g/mol. The van der Waals surface area contributed by atoms with Crippen molar-refractivity contribution in [2.24, 2.45) is 11.8 Å². The first kappa shape index (κ1) is 40.1. The molecule has 2 unspecified atom stereocenters. The van der Waals surface area contributed by atoms with Gasteiger partial charge in [0.25, 0.3) is 0 Å². The lowest BCUT2D eigenvalue weighted by molar-refractivity contribution is 0.679. The van der Waals surface area contributed by atoms with Gasteiger partial charge in [-0.2, -0.15) is 0 Å². The average molecular weight is 769 g/mol. The molecule has 0 radical (unpaired) electrons. The number of allylic oxidation sites excluding steroid dienone is 17. The number of fused-ring (bicyclic) bond motifs is 3. The zero-order valence-electron chi connectivity index (χ0n) is 35.5. The van der Waals surface area contributed by atoms with Crippen LogP contribution in [0.4, 0.5) is 0 Å².